The first-order valence-corrected chi connectivity index (χ1v) is 4.10. The number of nitriles is 1. The molecule has 0 aromatic carbocycles. The van der Waals surface area contributed by atoms with Gasteiger partial charge in [-0.25, -0.2) is 0 Å². The fourth-order valence-electron chi connectivity index (χ4n) is 2.08. The molecule has 0 heterocycles. The highest BCUT2D eigenvalue weighted by molar-refractivity contribution is 5.35. The van der Waals surface area contributed by atoms with Crippen LogP contribution in [0.4, 0.5) is 0 Å². The molecule has 1 nitrogen and oxygen atoms in total. The van der Waals surface area contributed by atoms with Crippen molar-refractivity contribution in [2.75, 3.05) is 0 Å². The molecule has 0 spiro atoms. The largest absolute Gasteiger partial charge is 0.198 e. The minimum Gasteiger partial charge on any atom is -0.198 e. The molecule has 0 saturated heterocycles. The Morgan fingerprint density at radius 2 is 2.55 bits per heavy atom. The van der Waals surface area contributed by atoms with E-state index in [9.17, 15) is 0 Å². The normalized spacial score (nSPS) is 43.2. The van der Waals surface area contributed by atoms with Crippen LogP contribution in [0.1, 0.15) is 19.3 Å². The van der Waals surface area contributed by atoms with Crippen LogP contribution in [0.15, 0.2) is 18.4 Å². The van der Waals surface area contributed by atoms with Crippen molar-refractivity contribution in [3.05, 3.63) is 18.4 Å². The van der Waals surface area contributed by atoms with Crippen molar-refractivity contribution >= 4 is 0 Å². The van der Waals surface area contributed by atoms with Gasteiger partial charge in [-0.2, -0.15) is 5.26 Å². The van der Waals surface area contributed by atoms with Crippen LogP contribution in [0.5, 0.6) is 0 Å². The quantitative estimate of drug-likeness (QED) is 0.559. The van der Waals surface area contributed by atoms with E-state index >= 15 is 0 Å². The van der Waals surface area contributed by atoms with Gasteiger partial charge in [-0.3, -0.25) is 0 Å². The molecule has 3 atom stereocenters. The van der Waals surface area contributed by atoms with E-state index in [2.05, 4.69) is 18.4 Å². The Morgan fingerprint density at radius 1 is 1.73 bits per heavy atom. The van der Waals surface area contributed by atoms with Crippen molar-refractivity contribution in [1.82, 2.24) is 0 Å². The molecule has 3 unspecified atom stereocenters. The Kier molecular flexibility index (Phi) is 1.22. The molecule has 0 aromatic rings. The third-order valence-corrected chi connectivity index (χ3v) is 3.07. The molecule has 1 heteroatoms. The zero-order valence-corrected chi connectivity index (χ0v) is 6.51. The lowest BCUT2D eigenvalue weighted by atomic mass is 10.0. The van der Waals surface area contributed by atoms with Gasteiger partial charge in [0.1, 0.15) is 0 Å². The third kappa shape index (κ3) is 0.768. The number of allylic oxidation sites excluding steroid dienone is 1. The van der Waals surface area contributed by atoms with Crippen molar-refractivity contribution in [2.45, 2.75) is 19.3 Å². The predicted molar refractivity (Wildman–Crippen MR) is 42.6 cm³/mol. The third-order valence-electron chi connectivity index (χ3n) is 3.07. The van der Waals surface area contributed by atoms with Gasteiger partial charge in [0.25, 0.3) is 0 Å². The maximum Gasteiger partial charge on any atom is 0.0695 e. The van der Waals surface area contributed by atoms with E-state index in [1.807, 2.05) is 6.08 Å². The van der Waals surface area contributed by atoms with Crippen LogP contribution in [0.3, 0.4) is 0 Å². The summed E-state index contributed by atoms with van der Waals surface area (Å²) >= 11 is 0. The van der Waals surface area contributed by atoms with E-state index in [-0.39, 0.29) is 5.41 Å². The van der Waals surface area contributed by atoms with Gasteiger partial charge in [0.05, 0.1) is 11.5 Å². The van der Waals surface area contributed by atoms with Gasteiger partial charge in [-0.15, -0.1) is 5.73 Å². The van der Waals surface area contributed by atoms with Crippen LogP contribution >= 0.6 is 0 Å². The molecule has 2 saturated carbocycles. The average Bonchev–Trinajstić information content (AvgIpc) is 2.84. The molecule has 0 radical (unpaired) electrons. The first-order valence-electron chi connectivity index (χ1n) is 4.10. The Morgan fingerprint density at radius 3 is 3.00 bits per heavy atom. The molecule has 56 valence electrons. The van der Waals surface area contributed by atoms with Crippen LogP contribution in [-0.4, -0.2) is 0 Å². The highest BCUT2D eigenvalue weighted by Gasteiger charge is 2.78. The fourth-order valence-corrected chi connectivity index (χ4v) is 2.08. The molecular formula is C10H11N. The number of nitrogens with zero attached hydrogens (tertiary/aromatic N) is 1. The van der Waals surface area contributed by atoms with Crippen molar-refractivity contribution in [1.29, 1.82) is 5.26 Å². The van der Waals surface area contributed by atoms with Crippen LogP contribution in [0.25, 0.3) is 0 Å². The van der Waals surface area contributed by atoms with E-state index in [1.165, 1.54) is 12.8 Å². The van der Waals surface area contributed by atoms with Crippen molar-refractivity contribution in [3.8, 4) is 6.07 Å². The van der Waals surface area contributed by atoms with Crippen molar-refractivity contribution in [3.63, 3.8) is 0 Å². The maximum absolute atomic E-state index is 8.75. The SMILES string of the molecule is C=C=CCCC1C2CC12C#N. The standard InChI is InChI=1S/C10H11N/c1-2-3-4-5-8-9-6-10(8,9)7-11/h3,8-9H,1,4-6H2. The summed E-state index contributed by atoms with van der Waals surface area (Å²) in [6.45, 7) is 3.50. The van der Waals surface area contributed by atoms with Gasteiger partial charge < -0.3 is 0 Å². The fraction of sp³-hybridized carbons (Fsp3) is 0.600. The first-order chi connectivity index (χ1) is 5.35. The van der Waals surface area contributed by atoms with Crippen LogP contribution < -0.4 is 0 Å². The second-order valence-corrected chi connectivity index (χ2v) is 3.55. The maximum atomic E-state index is 8.75. The number of hydrogen-bond donors (Lipinski definition) is 0. The summed E-state index contributed by atoms with van der Waals surface area (Å²) in [5, 5.41) is 8.75. The first kappa shape index (κ1) is 6.70. The lowest BCUT2D eigenvalue weighted by Gasteiger charge is -2.01. The number of hydrogen-bond acceptors (Lipinski definition) is 1. The van der Waals surface area contributed by atoms with Gasteiger partial charge in [0.2, 0.25) is 0 Å². The molecule has 2 rings (SSSR count). The Bertz CT molecular complexity index is 267. The molecule has 11 heavy (non-hydrogen) atoms. The van der Waals surface area contributed by atoms with Crippen molar-refractivity contribution < 1.29 is 0 Å². The van der Waals surface area contributed by atoms with Crippen LogP contribution in [0.2, 0.25) is 0 Å². The second-order valence-electron chi connectivity index (χ2n) is 3.55. The van der Waals surface area contributed by atoms with Crippen LogP contribution in [-0.2, 0) is 0 Å². The van der Waals surface area contributed by atoms with E-state index in [0.29, 0.717) is 0 Å². The Labute approximate surface area is 67.0 Å². The molecule has 0 N–H and O–H groups in total. The van der Waals surface area contributed by atoms with Gasteiger partial charge in [-0.05, 0) is 37.2 Å². The zero-order valence-electron chi connectivity index (χ0n) is 6.51. The summed E-state index contributed by atoms with van der Waals surface area (Å²) in [5.74, 6) is 1.49. The summed E-state index contributed by atoms with van der Waals surface area (Å²) in [4.78, 5) is 0. The van der Waals surface area contributed by atoms with Gasteiger partial charge in [-0.1, -0.05) is 6.58 Å². The topological polar surface area (TPSA) is 23.8 Å². The molecule has 2 aliphatic carbocycles. The zero-order chi connectivity index (χ0) is 7.90. The van der Waals surface area contributed by atoms with Gasteiger partial charge in [0, 0.05) is 0 Å². The van der Waals surface area contributed by atoms with E-state index in [1.54, 1.807) is 0 Å². The minimum absolute atomic E-state index is 0.162. The Hall–Kier alpha value is -0.990. The molecule has 2 aliphatic rings. The second kappa shape index (κ2) is 2.00. The van der Waals surface area contributed by atoms with E-state index in [0.717, 1.165) is 18.3 Å². The minimum atomic E-state index is 0.162. The lowest BCUT2D eigenvalue weighted by molar-refractivity contribution is 0.525. The predicted octanol–water partition coefficient (Wildman–Crippen LogP) is 2.27. The monoisotopic (exact) mass is 145 g/mol. The summed E-state index contributed by atoms with van der Waals surface area (Å²) in [7, 11) is 0. The van der Waals surface area contributed by atoms with E-state index in [4.69, 9.17) is 5.26 Å². The lowest BCUT2D eigenvalue weighted by Crippen LogP contribution is -1.95. The molecular weight excluding hydrogens is 134 g/mol. The number of fused-ring (bicyclic) bond motifs is 1. The van der Waals surface area contributed by atoms with Crippen molar-refractivity contribution in [2.24, 2.45) is 17.3 Å². The number of rotatable bonds is 3. The van der Waals surface area contributed by atoms with E-state index < -0.39 is 0 Å². The summed E-state index contributed by atoms with van der Waals surface area (Å²) < 4.78 is 0. The highest BCUT2D eigenvalue weighted by atomic mass is 14.8. The molecule has 0 aliphatic heterocycles. The average molecular weight is 145 g/mol. The highest BCUT2D eigenvalue weighted by Crippen LogP contribution is 2.80. The molecule has 0 aromatic heterocycles. The summed E-state index contributed by atoms with van der Waals surface area (Å²) in [6, 6.07) is 2.42. The molecule has 2 fully saturated rings. The van der Waals surface area contributed by atoms with Gasteiger partial charge >= 0.3 is 0 Å². The van der Waals surface area contributed by atoms with Crippen LogP contribution in [0, 0.1) is 28.6 Å². The van der Waals surface area contributed by atoms with Gasteiger partial charge in [0.15, 0.2) is 0 Å². The summed E-state index contributed by atoms with van der Waals surface area (Å²) in [5.41, 5.74) is 2.91. The smallest absolute Gasteiger partial charge is 0.0695 e. The molecule has 0 bridgehead atoms. The summed E-state index contributed by atoms with van der Waals surface area (Å²) in [6.07, 6.45) is 5.35. The molecule has 0 amide bonds. The Balaban J connectivity index is 1.78.